The highest BCUT2D eigenvalue weighted by atomic mass is 32.1. The van der Waals surface area contributed by atoms with Crippen LogP contribution >= 0.6 is 11.3 Å². The third-order valence-electron chi connectivity index (χ3n) is 5.05. The van der Waals surface area contributed by atoms with Crippen molar-refractivity contribution in [2.45, 2.75) is 51.5 Å². The summed E-state index contributed by atoms with van der Waals surface area (Å²) in [7, 11) is 1.60. The molecular formula is C19H26N4O2S. The van der Waals surface area contributed by atoms with E-state index in [-0.39, 0.29) is 23.7 Å². The van der Waals surface area contributed by atoms with E-state index in [0.29, 0.717) is 17.2 Å². The molecule has 0 bridgehead atoms. The number of anilines is 1. The summed E-state index contributed by atoms with van der Waals surface area (Å²) in [5.41, 5.74) is 0.702. The number of hydrogen-bond acceptors (Lipinski definition) is 4. The van der Waals surface area contributed by atoms with Gasteiger partial charge in [0.05, 0.1) is 12.1 Å². The van der Waals surface area contributed by atoms with Crippen molar-refractivity contribution < 1.29 is 9.59 Å². The van der Waals surface area contributed by atoms with E-state index >= 15 is 0 Å². The molecule has 0 atom stereocenters. The second-order valence-corrected chi connectivity index (χ2v) is 7.99. The van der Waals surface area contributed by atoms with Crippen LogP contribution in [0.3, 0.4) is 0 Å². The van der Waals surface area contributed by atoms with E-state index in [9.17, 15) is 9.59 Å². The lowest BCUT2D eigenvalue weighted by Crippen LogP contribution is -2.33. The summed E-state index contributed by atoms with van der Waals surface area (Å²) in [4.78, 5) is 28.5. The van der Waals surface area contributed by atoms with Crippen molar-refractivity contribution in [3.05, 3.63) is 35.6 Å². The van der Waals surface area contributed by atoms with Crippen LogP contribution < -0.4 is 10.6 Å². The van der Waals surface area contributed by atoms with Gasteiger partial charge in [-0.15, -0.1) is 11.3 Å². The first-order valence-corrected chi connectivity index (χ1v) is 10.0. The van der Waals surface area contributed by atoms with E-state index in [1.807, 2.05) is 17.5 Å². The van der Waals surface area contributed by atoms with E-state index in [4.69, 9.17) is 0 Å². The first kappa shape index (κ1) is 18.6. The fourth-order valence-electron chi connectivity index (χ4n) is 3.76. The maximum Gasteiger partial charge on any atom is 0.226 e. The summed E-state index contributed by atoms with van der Waals surface area (Å²) in [5, 5.41) is 7.90. The first-order valence-electron chi connectivity index (χ1n) is 9.14. The molecule has 0 spiro atoms. The molecular weight excluding hydrogens is 348 g/mol. The molecule has 0 radical (unpaired) electrons. The summed E-state index contributed by atoms with van der Waals surface area (Å²) >= 11 is 1.37. The van der Waals surface area contributed by atoms with Crippen molar-refractivity contribution in [1.82, 2.24) is 14.9 Å². The van der Waals surface area contributed by atoms with Gasteiger partial charge in [-0.05, 0) is 30.4 Å². The fourth-order valence-corrected chi connectivity index (χ4v) is 4.48. The Bertz CT molecular complexity index is 733. The standard InChI is InChI=1S/C19H26N4O2S/c1-20-16(24)11-15-13-26-18(21-15)22-17(25)12-19(7-3-2-4-8-19)14-23-9-5-6-10-23/h5-6,9-10,13H,2-4,7-8,11-12,14H2,1H3,(H,20,24)(H,21,22,25). The van der Waals surface area contributed by atoms with Crippen LogP contribution in [0.2, 0.25) is 0 Å². The molecule has 2 amide bonds. The van der Waals surface area contributed by atoms with Crippen LogP contribution in [-0.4, -0.2) is 28.4 Å². The number of hydrogen-bond donors (Lipinski definition) is 2. The molecule has 140 valence electrons. The van der Waals surface area contributed by atoms with Gasteiger partial charge in [0.25, 0.3) is 0 Å². The van der Waals surface area contributed by atoms with E-state index in [1.54, 1.807) is 7.05 Å². The van der Waals surface area contributed by atoms with Gasteiger partial charge in [-0.25, -0.2) is 4.98 Å². The minimum atomic E-state index is -0.0824. The van der Waals surface area contributed by atoms with Crippen molar-refractivity contribution in [3.8, 4) is 0 Å². The van der Waals surface area contributed by atoms with Gasteiger partial charge in [-0.3, -0.25) is 9.59 Å². The van der Waals surface area contributed by atoms with Gasteiger partial charge in [-0.1, -0.05) is 19.3 Å². The Kier molecular flexibility index (Phi) is 6.08. The molecule has 2 heterocycles. The fraction of sp³-hybridized carbons (Fsp3) is 0.526. The zero-order valence-corrected chi connectivity index (χ0v) is 16.0. The number of rotatable bonds is 7. The maximum absolute atomic E-state index is 12.7. The normalized spacial score (nSPS) is 16.2. The highest BCUT2D eigenvalue weighted by Gasteiger charge is 2.34. The number of nitrogens with one attached hydrogen (secondary N) is 2. The molecule has 0 saturated heterocycles. The summed E-state index contributed by atoms with van der Waals surface area (Å²) < 4.78 is 2.18. The third kappa shape index (κ3) is 4.94. The minimum absolute atomic E-state index is 0.0138. The molecule has 1 saturated carbocycles. The Morgan fingerprint density at radius 1 is 1.19 bits per heavy atom. The maximum atomic E-state index is 12.7. The van der Waals surface area contributed by atoms with Gasteiger partial charge < -0.3 is 15.2 Å². The van der Waals surface area contributed by atoms with Crippen molar-refractivity contribution >= 4 is 28.3 Å². The van der Waals surface area contributed by atoms with E-state index < -0.39 is 0 Å². The molecule has 0 aliphatic heterocycles. The number of nitrogens with zero attached hydrogens (tertiary/aromatic N) is 2. The molecule has 3 rings (SSSR count). The number of amides is 2. The summed E-state index contributed by atoms with van der Waals surface area (Å²) in [6.07, 6.45) is 10.7. The molecule has 1 aliphatic rings. The lowest BCUT2D eigenvalue weighted by Gasteiger charge is -2.37. The topological polar surface area (TPSA) is 76.0 Å². The van der Waals surface area contributed by atoms with Gasteiger partial charge in [0.15, 0.2) is 5.13 Å². The Hall–Kier alpha value is -2.15. The molecule has 2 aromatic heterocycles. The average molecular weight is 375 g/mol. The van der Waals surface area contributed by atoms with Crippen molar-refractivity contribution in [2.24, 2.45) is 5.41 Å². The van der Waals surface area contributed by atoms with Crippen LogP contribution in [0.5, 0.6) is 0 Å². The summed E-state index contributed by atoms with van der Waals surface area (Å²) in [6.45, 7) is 0.882. The lowest BCUT2D eigenvalue weighted by molar-refractivity contribution is -0.120. The van der Waals surface area contributed by atoms with Crippen LogP contribution in [0.4, 0.5) is 5.13 Å². The van der Waals surface area contributed by atoms with Gasteiger partial charge >= 0.3 is 0 Å². The SMILES string of the molecule is CNC(=O)Cc1csc(NC(=O)CC2(Cn3cccc3)CCCCC2)n1. The number of aromatic nitrogens is 2. The number of carbonyl (C=O) groups excluding carboxylic acids is 2. The minimum Gasteiger partial charge on any atom is -0.359 e. The Morgan fingerprint density at radius 3 is 2.62 bits per heavy atom. The van der Waals surface area contributed by atoms with Gasteiger partial charge in [0.2, 0.25) is 11.8 Å². The molecule has 2 N–H and O–H groups in total. The molecule has 7 heteroatoms. The Morgan fingerprint density at radius 2 is 1.92 bits per heavy atom. The van der Waals surface area contributed by atoms with Crippen LogP contribution in [0.1, 0.15) is 44.2 Å². The highest BCUT2D eigenvalue weighted by Crippen LogP contribution is 2.41. The molecule has 1 aliphatic carbocycles. The number of thiazole rings is 1. The van der Waals surface area contributed by atoms with E-state index in [2.05, 4.69) is 32.6 Å². The monoisotopic (exact) mass is 374 g/mol. The van der Waals surface area contributed by atoms with Crippen molar-refractivity contribution in [3.63, 3.8) is 0 Å². The lowest BCUT2D eigenvalue weighted by atomic mass is 9.71. The third-order valence-corrected chi connectivity index (χ3v) is 5.86. The predicted molar refractivity (Wildman–Crippen MR) is 103 cm³/mol. The van der Waals surface area contributed by atoms with Gasteiger partial charge in [0.1, 0.15) is 0 Å². The number of carbonyl (C=O) groups is 2. The zero-order valence-electron chi connectivity index (χ0n) is 15.2. The van der Waals surface area contributed by atoms with Gasteiger partial charge in [0, 0.05) is 37.8 Å². The van der Waals surface area contributed by atoms with E-state index in [0.717, 1.165) is 19.4 Å². The molecule has 1 fully saturated rings. The molecule has 0 aromatic carbocycles. The van der Waals surface area contributed by atoms with Gasteiger partial charge in [-0.2, -0.15) is 0 Å². The molecule has 26 heavy (non-hydrogen) atoms. The smallest absolute Gasteiger partial charge is 0.226 e. The van der Waals surface area contributed by atoms with Crippen LogP contribution in [-0.2, 0) is 22.6 Å². The highest BCUT2D eigenvalue weighted by molar-refractivity contribution is 7.13. The average Bonchev–Trinajstić information content (AvgIpc) is 3.27. The summed E-state index contributed by atoms with van der Waals surface area (Å²) in [6, 6.07) is 4.06. The Labute approximate surface area is 158 Å². The second kappa shape index (κ2) is 8.49. The zero-order chi connectivity index (χ0) is 18.4. The van der Waals surface area contributed by atoms with Crippen molar-refractivity contribution in [2.75, 3.05) is 12.4 Å². The number of likely N-dealkylation sites (N-methyl/N-ethyl adjacent to an activating group) is 1. The quantitative estimate of drug-likeness (QED) is 0.781. The van der Waals surface area contributed by atoms with Crippen LogP contribution in [0, 0.1) is 5.41 Å². The predicted octanol–water partition coefficient (Wildman–Crippen LogP) is 3.21. The molecule has 2 aromatic rings. The van der Waals surface area contributed by atoms with Crippen LogP contribution in [0.25, 0.3) is 0 Å². The summed E-state index contributed by atoms with van der Waals surface area (Å²) in [5.74, 6) is -0.0686. The Balaban J connectivity index is 1.62. The van der Waals surface area contributed by atoms with E-state index in [1.165, 1.54) is 30.6 Å². The first-order chi connectivity index (χ1) is 12.6. The van der Waals surface area contributed by atoms with Crippen molar-refractivity contribution in [1.29, 1.82) is 0 Å². The molecule has 6 nitrogen and oxygen atoms in total. The molecule has 0 unspecified atom stereocenters. The second-order valence-electron chi connectivity index (χ2n) is 7.13. The van der Waals surface area contributed by atoms with Crippen LogP contribution in [0.15, 0.2) is 29.9 Å². The largest absolute Gasteiger partial charge is 0.359 e.